The topological polar surface area (TPSA) is 101 Å². The van der Waals surface area contributed by atoms with Crippen LogP contribution in [-0.4, -0.2) is 59.4 Å². The number of hydrogen-bond acceptors (Lipinski definition) is 4. The lowest BCUT2D eigenvalue weighted by atomic mass is 9.92. The number of nitrogens with zero attached hydrogens (tertiary/aromatic N) is 1. The van der Waals surface area contributed by atoms with E-state index < -0.39 is 22.7 Å². The number of hydroxylamine groups is 3. The molecule has 0 aliphatic carbocycles. The molecule has 0 radical (unpaired) electrons. The first-order valence-electron chi connectivity index (χ1n) is 8.03. The summed E-state index contributed by atoms with van der Waals surface area (Å²) in [6.07, 6.45) is 4.27. The first kappa shape index (κ1) is 19.6. The van der Waals surface area contributed by atoms with E-state index in [9.17, 15) is 19.9 Å². The highest BCUT2D eigenvalue weighted by atomic mass is 16.5. The summed E-state index contributed by atoms with van der Waals surface area (Å²) < 4.78 is -0.497. The minimum absolute atomic E-state index is 0.0369. The van der Waals surface area contributed by atoms with Gasteiger partial charge in [0, 0.05) is 13.0 Å². The van der Waals surface area contributed by atoms with Gasteiger partial charge in [-0.3, -0.25) is 14.9 Å². The number of carboxylic acid groups (broad SMARTS) is 1. The SMILES string of the molecule is C/C=C\[C@@H]1C[C@H](C(=O)O)N[C@H]1[C@H](C[N+](C)([O-])C(C)C)NC(C)=O. The summed E-state index contributed by atoms with van der Waals surface area (Å²) in [6, 6.07) is -1.52. The second kappa shape index (κ2) is 7.90. The molecule has 0 saturated carbocycles. The largest absolute Gasteiger partial charge is 0.633 e. The van der Waals surface area contributed by atoms with E-state index in [1.165, 1.54) is 6.92 Å². The molecule has 1 rings (SSSR count). The number of hydrogen-bond donors (Lipinski definition) is 3. The van der Waals surface area contributed by atoms with Gasteiger partial charge in [0.25, 0.3) is 0 Å². The van der Waals surface area contributed by atoms with Gasteiger partial charge in [-0.1, -0.05) is 12.2 Å². The molecule has 1 amide bonds. The summed E-state index contributed by atoms with van der Waals surface area (Å²) in [6.45, 7) is 7.15. The minimum Gasteiger partial charge on any atom is -0.633 e. The molecule has 1 fully saturated rings. The van der Waals surface area contributed by atoms with Crippen molar-refractivity contribution < 1.29 is 19.3 Å². The fraction of sp³-hybridized carbons (Fsp3) is 0.750. The van der Waals surface area contributed by atoms with Gasteiger partial charge in [-0.2, -0.15) is 0 Å². The van der Waals surface area contributed by atoms with Gasteiger partial charge in [0.15, 0.2) is 0 Å². The summed E-state index contributed by atoms with van der Waals surface area (Å²) in [7, 11) is 1.58. The molecule has 7 heteroatoms. The molecule has 1 aliphatic rings. The quantitative estimate of drug-likeness (QED) is 0.365. The number of allylic oxidation sites excluding steroid dienone is 1. The Hall–Kier alpha value is -1.44. The fourth-order valence-electron chi connectivity index (χ4n) is 2.99. The number of carbonyl (C=O) groups excluding carboxylic acids is 1. The molecule has 3 N–H and O–H groups in total. The first-order valence-corrected chi connectivity index (χ1v) is 8.03. The molecule has 0 bridgehead atoms. The molecule has 7 nitrogen and oxygen atoms in total. The highest BCUT2D eigenvalue weighted by Crippen LogP contribution is 2.26. The van der Waals surface area contributed by atoms with Crippen LogP contribution in [-0.2, 0) is 9.59 Å². The lowest BCUT2D eigenvalue weighted by molar-refractivity contribution is -0.883. The molecule has 132 valence electrons. The normalized spacial score (nSPS) is 28.7. The minimum atomic E-state index is -0.910. The van der Waals surface area contributed by atoms with Crippen LogP contribution in [0.3, 0.4) is 0 Å². The van der Waals surface area contributed by atoms with Crippen molar-refractivity contribution in [2.45, 2.75) is 58.3 Å². The van der Waals surface area contributed by atoms with Crippen LogP contribution in [0.4, 0.5) is 0 Å². The van der Waals surface area contributed by atoms with Crippen molar-refractivity contribution in [2.24, 2.45) is 5.92 Å². The van der Waals surface area contributed by atoms with Gasteiger partial charge >= 0.3 is 5.97 Å². The molecular weight excluding hydrogens is 298 g/mol. The molecule has 1 aliphatic heterocycles. The Morgan fingerprint density at radius 3 is 2.52 bits per heavy atom. The molecule has 0 aromatic heterocycles. The Bertz CT molecular complexity index is 462. The number of amides is 1. The maximum Gasteiger partial charge on any atom is 0.320 e. The molecule has 1 heterocycles. The van der Waals surface area contributed by atoms with Crippen LogP contribution in [0.2, 0.25) is 0 Å². The van der Waals surface area contributed by atoms with Gasteiger partial charge < -0.3 is 20.3 Å². The highest BCUT2D eigenvalue weighted by Gasteiger charge is 2.42. The molecule has 1 saturated heterocycles. The van der Waals surface area contributed by atoms with Gasteiger partial charge in [-0.25, -0.2) is 0 Å². The Morgan fingerprint density at radius 2 is 2.09 bits per heavy atom. The van der Waals surface area contributed by atoms with Gasteiger partial charge in [0.05, 0.1) is 19.1 Å². The van der Waals surface area contributed by atoms with E-state index in [0.717, 1.165) is 0 Å². The number of nitrogens with one attached hydrogen (secondary N) is 2. The predicted molar refractivity (Wildman–Crippen MR) is 88.4 cm³/mol. The lowest BCUT2D eigenvalue weighted by Crippen LogP contribution is -2.60. The fourth-order valence-corrected chi connectivity index (χ4v) is 2.99. The summed E-state index contributed by atoms with van der Waals surface area (Å²) in [5.41, 5.74) is 0. The van der Waals surface area contributed by atoms with Gasteiger partial charge in [0.2, 0.25) is 5.91 Å². The molecule has 1 unspecified atom stereocenters. The Kier molecular flexibility index (Phi) is 6.73. The average molecular weight is 327 g/mol. The van der Waals surface area contributed by atoms with E-state index in [1.807, 2.05) is 32.9 Å². The van der Waals surface area contributed by atoms with Crippen LogP contribution in [0.25, 0.3) is 0 Å². The Labute approximate surface area is 137 Å². The van der Waals surface area contributed by atoms with Crippen molar-refractivity contribution >= 4 is 11.9 Å². The third kappa shape index (κ3) is 5.30. The summed E-state index contributed by atoms with van der Waals surface area (Å²) in [5, 5.41) is 27.8. The third-order valence-corrected chi connectivity index (χ3v) is 4.57. The molecule has 0 aromatic rings. The second-order valence-corrected chi connectivity index (χ2v) is 6.77. The highest BCUT2D eigenvalue weighted by molar-refractivity contribution is 5.75. The van der Waals surface area contributed by atoms with Gasteiger partial charge in [-0.15, -0.1) is 0 Å². The zero-order chi connectivity index (χ0) is 17.8. The van der Waals surface area contributed by atoms with Crippen LogP contribution < -0.4 is 10.6 Å². The number of aliphatic carboxylic acids is 1. The smallest absolute Gasteiger partial charge is 0.320 e. The summed E-state index contributed by atoms with van der Waals surface area (Å²) in [4.78, 5) is 22.9. The maximum absolute atomic E-state index is 12.7. The van der Waals surface area contributed by atoms with E-state index in [1.54, 1.807) is 7.05 Å². The average Bonchev–Trinajstić information content (AvgIpc) is 2.81. The van der Waals surface area contributed by atoms with Gasteiger partial charge in [0.1, 0.15) is 12.6 Å². The predicted octanol–water partition coefficient (Wildman–Crippen LogP) is 0.851. The molecule has 0 aromatic carbocycles. The zero-order valence-corrected chi connectivity index (χ0v) is 14.6. The first-order chi connectivity index (χ1) is 10.6. The number of carbonyl (C=O) groups is 2. The van der Waals surface area contributed by atoms with Crippen molar-refractivity contribution in [1.29, 1.82) is 0 Å². The maximum atomic E-state index is 12.7. The molecule has 5 atom stereocenters. The summed E-state index contributed by atoms with van der Waals surface area (Å²) in [5.74, 6) is -1.17. The lowest BCUT2D eigenvalue weighted by Gasteiger charge is -2.46. The number of carboxylic acids is 1. The van der Waals surface area contributed by atoms with Crippen molar-refractivity contribution in [3.05, 3.63) is 17.4 Å². The summed E-state index contributed by atoms with van der Waals surface area (Å²) >= 11 is 0. The van der Waals surface area contributed by atoms with E-state index in [0.29, 0.717) is 6.42 Å². The Balaban J connectivity index is 3.03. The molecule has 0 spiro atoms. The van der Waals surface area contributed by atoms with Gasteiger partial charge in [-0.05, 0) is 33.1 Å². The van der Waals surface area contributed by atoms with Crippen LogP contribution in [0.5, 0.6) is 0 Å². The van der Waals surface area contributed by atoms with E-state index >= 15 is 0 Å². The molecular formula is C16H29N3O4. The van der Waals surface area contributed by atoms with Crippen LogP contribution in [0.15, 0.2) is 12.2 Å². The van der Waals surface area contributed by atoms with Crippen LogP contribution >= 0.6 is 0 Å². The standard InChI is InChI=1S/C16H29N3O4/c1-6-7-12-8-13(16(21)22)18-15(12)14(17-11(4)20)9-19(5,23)10(2)3/h6-7,10,12-15,18H,8-9H2,1-5H3,(H,17,20)(H,21,22)/b7-6-/t12-,13-,14+,15-,19?/m1/s1. The van der Waals surface area contributed by atoms with Crippen molar-refractivity contribution in [3.63, 3.8) is 0 Å². The van der Waals surface area contributed by atoms with Crippen LogP contribution in [0.1, 0.15) is 34.1 Å². The number of rotatable bonds is 7. The third-order valence-electron chi connectivity index (χ3n) is 4.57. The van der Waals surface area contributed by atoms with E-state index in [4.69, 9.17) is 0 Å². The van der Waals surface area contributed by atoms with E-state index in [-0.39, 0.29) is 30.5 Å². The number of quaternary nitrogens is 1. The van der Waals surface area contributed by atoms with Crippen molar-refractivity contribution in [2.75, 3.05) is 13.6 Å². The van der Waals surface area contributed by atoms with Crippen molar-refractivity contribution in [3.8, 4) is 0 Å². The second-order valence-electron chi connectivity index (χ2n) is 6.77. The Morgan fingerprint density at radius 1 is 1.48 bits per heavy atom. The van der Waals surface area contributed by atoms with E-state index in [2.05, 4.69) is 10.6 Å². The van der Waals surface area contributed by atoms with Crippen LogP contribution in [0, 0.1) is 11.1 Å². The monoisotopic (exact) mass is 327 g/mol. The molecule has 23 heavy (non-hydrogen) atoms. The number of likely N-dealkylation sites (N-methyl/N-ethyl adjacent to an activating group) is 1. The zero-order valence-electron chi connectivity index (χ0n) is 14.6. The van der Waals surface area contributed by atoms with Crippen molar-refractivity contribution in [1.82, 2.24) is 10.6 Å².